The monoisotopic (exact) mass is 365 g/mol. The zero-order chi connectivity index (χ0) is 18.5. The standard InChI is InChI=1S/C21H20ClN3O/c1-13-20(25(3)12-24-13)21(2,26)18-9-15-5-4-8-23-19(15)10-14-6-7-16(22)11-17(14)18/h4-9,11-12,26H,10H2,1-3H3. The molecule has 2 heterocycles. The first-order chi connectivity index (χ1) is 12.4. The van der Waals surface area contributed by atoms with E-state index in [2.05, 4.69) is 9.97 Å². The lowest BCUT2D eigenvalue weighted by molar-refractivity contribution is 0.114. The van der Waals surface area contributed by atoms with Gasteiger partial charge in [-0.05, 0) is 60.4 Å². The first kappa shape index (κ1) is 17.0. The van der Waals surface area contributed by atoms with Gasteiger partial charge in [0.15, 0.2) is 0 Å². The van der Waals surface area contributed by atoms with Crippen molar-refractivity contribution in [1.29, 1.82) is 0 Å². The maximum absolute atomic E-state index is 11.7. The van der Waals surface area contributed by atoms with Crippen molar-refractivity contribution in [2.75, 3.05) is 0 Å². The Morgan fingerprint density at radius 1 is 1.23 bits per heavy atom. The minimum absolute atomic E-state index is 0.645. The average Bonchev–Trinajstić information content (AvgIpc) is 2.85. The molecule has 1 unspecified atom stereocenters. The molecule has 5 heteroatoms. The number of aromatic nitrogens is 3. The number of rotatable bonds is 2. The van der Waals surface area contributed by atoms with Crippen LogP contribution in [0.1, 0.15) is 40.7 Å². The van der Waals surface area contributed by atoms with Gasteiger partial charge in [-0.15, -0.1) is 0 Å². The molecule has 1 aliphatic carbocycles. The molecule has 0 spiro atoms. The number of pyridine rings is 1. The third kappa shape index (κ3) is 2.66. The first-order valence-corrected chi connectivity index (χ1v) is 8.91. The summed E-state index contributed by atoms with van der Waals surface area (Å²) in [5.74, 6) is 0. The highest BCUT2D eigenvalue weighted by Gasteiger charge is 2.36. The molecule has 1 aromatic carbocycles. The molecule has 132 valence electrons. The molecule has 0 radical (unpaired) electrons. The molecule has 0 bridgehead atoms. The number of nitrogens with zero attached hydrogens (tertiary/aromatic N) is 3. The van der Waals surface area contributed by atoms with E-state index in [-0.39, 0.29) is 0 Å². The predicted octanol–water partition coefficient (Wildman–Crippen LogP) is 4.13. The van der Waals surface area contributed by atoms with Crippen LogP contribution in [-0.4, -0.2) is 19.6 Å². The molecule has 4 rings (SSSR count). The third-order valence-corrected chi connectivity index (χ3v) is 5.29. The highest BCUT2D eigenvalue weighted by Crippen LogP contribution is 2.42. The van der Waals surface area contributed by atoms with E-state index in [4.69, 9.17) is 11.6 Å². The van der Waals surface area contributed by atoms with Gasteiger partial charge >= 0.3 is 0 Å². The van der Waals surface area contributed by atoms with Crippen molar-refractivity contribution in [2.45, 2.75) is 25.9 Å². The summed E-state index contributed by atoms with van der Waals surface area (Å²) in [6, 6.07) is 9.77. The molecule has 0 saturated carbocycles. The van der Waals surface area contributed by atoms with Gasteiger partial charge in [0.05, 0.1) is 23.4 Å². The first-order valence-electron chi connectivity index (χ1n) is 8.53. The van der Waals surface area contributed by atoms with Crippen LogP contribution in [0.3, 0.4) is 0 Å². The van der Waals surface area contributed by atoms with Crippen molar-refractivity contribution in [3.05, 3.63) is 81.7 Å². The Hall–Kier alpha value is -2.43. The Kier molecular flexibility index (Phi) is 3.98. The molecule has 4 nitrogen and oxygen atoms in total. The molecule has 1 atom stereocenters. The van der Waals surface area contributed by atoms with Gasteiger partial charge in [-0.3, -0.25) is 4.98 Å². The van der Waals surface area contributed by atoms with Crippen LogP contribution in [0.2, 0.25) is 5.02 Å². The SMILES string of the molecule is Cc1ncn(C)c1C(C)(O)C1=Cc2cccnc2Cc2ccc(Cl)cc21. The minimum atomic E-state index is -1.23. The molecule has 3 aromatic rings. The second-order valence-corrected chi connectivity index (χ2v) is 7.37. The Morgan fingerprint density at radius 2 is 2.04 bits per heavy atom. The van der Waals surface area contributed by atoms with Crippen LogP contribution in [0, 0.1) is 6.92 Å². The van der Waals surface area contributed by atoms with Crippen molar-refractivity contribution in [3.8, 4) is 0 Å². The van der Waals surface area contributed by atoms with Gasteiger partial charge in [-0.1, -0.05) is 23.7 Å². The van der Waals surface area contributed by atoms with Crippen LogP contribution in [0.5, 0.6) is 0 Å². The van der Waals surface area contributed by atoms with Crippen molar-refractivity contribution < 1.29 is 5.11 Å². The van der Waals surface area contributed by atoms with E-state index in [0.29, 0.717) is 11.4 Å². The Morgan fingerprint density at radius 3 is 2.77 bits per heavy atom. The van der Waals surface area contributed by atoms with Gasteiger partial charge in [-0.25, -0.2) is 4.98 Å². The molecular weight excluding hydrogens is 346 g/mol. The molecule has 1 N–H and O–H groups in total. The summed E-state index contributed by atoms with van der Waals surface area (Å²) in [6.07, 6.45) is 6.25. The molecule has 0 amide bonds. The fourth-order valence-electron chi connectivity index (χ4n) is 3.87. The summed E-state index contributed by atoms with van der Waals surface area (Å²) in [6.45, 7) is 3.73. The van der Waals surface area contributed by atoms with Crippen LogP contribution >= 0.6 is 11.6 Å². The van der Waals surface area contributed by atoms with Crippen molar-refractivity contribution in [1.82, 2.24) is 14.5 Å². The molecule has 0 fully saturated rings. The molecule has 0 saturated heterocycles. The molecule has 0 aliphatic heterocycles. The van der Waals surface area contributed by atoms with E-state index in [9.17, 15) is 5.11 Å². The van der Waals surface area contributed by atoms with E-state index in [1.165, 1.54) is 0 Å². The lowest BCUT2D eigenvalue weighted by Crippen LogP contribution is -2.27. The maximum Gasteiger partial charge on any atom is 0.129 e. The van der Waals surface area contributed by atoms with Gasteiger partial charge in [0.25, 0.3) is 0 Å². The topological polar surface area (TPSA) is 50.9 Å². The molecular formula is C21H20ClN3O. The van der Waals surface area contributed by atoms with E-state index in [1.807, 2.05) is 61.9 Å². The van der Waals surface area contributed by atoms with Crippen molar-refractivity contribution in [2.24, 2.45) is 7.05 Å². The average molecular weight is 366 g/mol. The van der Waals surface area contributed by atoms with Gasteiger partial charge in [-0.2, -0.15) is 0 Å². The second kappa shape index (κ2) is 6.08. The number of imidazole rings is 1. The fourth-order valence-corrected chi connectivity index (χ4v) is 4.04. The minimum Gasteiger partial charge on any atom is -0.379 e. The number of halogens is 1. The normalized spacial score (nSPS) is 15.5. The van der Waals surface area contributed by atoms with E-state index in [1.54, 1.807) is 12.5 Å². The van der Waals surface area contributed by atoms with E-state index < -0.39 is 5.60 Å². The molecule has 26 heavy (non-hydrogen) atoms. The fraction of sp³-hybridized carbons (Fsp3) is 0.238. The number of aliphatic hydroxyl groups is 1. The second-order valence-electron chi connectivity index (χ2n) is 6.94. The zero-order valence-electron chi connectivity index (χ0n) is 15.0. The predicted molar refractivity (Wildman–Crippen MR) is 104 cm³/mol. The van der Waals surface area contributed by atoms with Crippen LogP contribution in [0.15, 0.2) is 42.9 Å². The summed E-state index contributed by atoms with van der Waals surface area (Å²) in [7, 11) is 1.90. The summed E-state index contributed by atoms with van der Waals surface area (Å²) in [5, 5.41) is 12.3. The van der Waals surface area contributed by atoms with Crippen molar-refractivity contribution in [3.63, 3.8) is 0 Å². The summed E-state index contributed by atoms with van der Waals surface area (Å²) >= 11 is 6.30. The quantitative estimate of drug-likeness (QED) is 0.742. The third-order valence-electron chi connectivity index (χ3n) is 5.05. The van der Waals surface area contributed by atoms with Crippen LogP contribution in [0.4, 0.5) is 0 Å². The number of aryl methyl sites for hydroxylation is 2. The Labute approximate surface area is 157 Å². The molecule has 2 aromatic heterocycles. The smallest absolute Gasteiger partial charge is 0.129 e. The van der Waals surface area contributed by atoms with Gasteiger partial charge in [0.2, 0.25) is 0 Å². The lowest BCUT2D eigenvalue weighted by atomic mass is 9.83. The van der Waals surface area contributed by atoms with Crippen LogP contribution < -0.4 is 0 Å². The summed E-state index contributed by atoms with van der Waals surface area (Å²) < 4.78 is 1.87. The largest absolute Gasteiger partial charge is 0.379 e. The van der Waals surface area contributed by atoms with Gasteiger partial charge in [0, 0.05) is 24.7 Å². The Bertz CT molecular complexity index is 1010. The zero-order valence-corrected chi connectivity index (χ0v) is 15.7. The maximum atomic E-state index is 11.7. The number of hydrogen-bond acceptors (Lipinski definition) is 3. The number of fused-ring (bicyclic) bond motifs is 2. The summed E-state index contributed by atoms with van der Waals surface area (Å²) in [4.78, 5) is 8.89. The highest BCUT2D eigenvalue weighted by atomic mass is 35.5. The Balaban J connectivity index is 2.02. The van der Waals surface area contributed by atoms with E-state index in [0.717, 1.165) is 39.3 Å². The number of hydrogen-bond donors (Lipinski definition) is 1. The van der Waals surface area contributed by atoms with Gasteiger partial charge in [0.1, 0.15) is 5.60 Å². The number of benzene rings is 1. The lowest BCUT2D eigenvalue weighted by Gasteiger charge is -2.29. The van der Waals surface area contributed by atoms with E-state index >= 15 is 0 Å². The van der Waals surface area contributed by atoms with Crippen molar-refractivity contribution >= 4 is 23.3 Å². The van der Waals surface area contributed by atoms with Crippen LogP contribution in [-0.2, 0) is 19.1 Å². The van der Waals surface area contributed by atoms with Gasteiger partial charge < -0.3 is 9.67 Å². The highest BCUT2D eigenvalue weighted by molar-refractivity contribution is 6.30. The summed E-state index contributed by atoms with van der Waals surface area (Å²) in [5.41, 5.74) is 5.18. The van der Waals surface area contributed by atoms with Crippen LogP contribution in [0.25, 0.3) is 11.6 Å². The molecule has 1 aliphatic rings.